The maximum Gasteiger partial charge on any atom is 0.237 e. The zero-order chi connectivity index (χ0) is 14.6. The van der Waals surface area contributed by atoms with Crippen LogP contribution in [0, 0.1) is 5.92 Å². The number of nitrogens with two attached hydrogens (primary N) is 1. The van der Waals surface area contributed by atoms with Gasteiger partial charge in [0, 0.05) is 25.2 Å². The van der Waals surface area contributed by atoms with Crippen LogP contribution in [0.2, 0.25) is 0 Å². The Morgan fingerprint density at radius 3 is 2.32 bits per heavy atom. The molecule has 0 bridgehead atoms. The smallest absolute Gasteiger partial charge is 0.237 e. The van der Waals surface area contributed by atoms with Crippen molar-refractivity contribution in [3.8, 4) is 0 Å². The Labute approximate surface area is 118 Å². The third-order valence-corrected chi connectivity index (χ3v) is 3.97. The van der Waals surface area contributed by atoms with Crippen LogP contribution in [0.4, 0.5) is 0 Å². The summed E-state index contributed by atoms with van der Waals surface area (Å²) < 4.78 is 0. The number of nitrogens with zero attached hydrogens (tertiary/aromatic N) is 1. The number of hydrogen-bond donors (Lipinski definition) is 2. The molecule has 0 saturated heterocycles. The first kappa shape index (κ1) is 16.4. The lowest BCUT2D eigenvalue weighted by Crippen LogP contribution is -2.57. The van der Waals surface area contributed by atoms with Gasteiger partial charge in [0.15, 0.2) is 0 Å². The number of hydrogen-bond acceptors (Lipinski definition) is 3. The number of carbonyl (C=O) groups excluding carboxylic acids is 1. The Bertz CT molecular complexity index is 300. The minimum absolute atomic E-state index is 0.253. The van der Waals surface area contributed by atoms with E-state index in [2.05, 4.69) is 24.1 Å². The van der Waals surface area contributed by atoms with Crippen molar-refractivity contribution in [2.45, 2.75) is 71.5 Å². The molecule has 3 N–H and O–H groups in total. The SMILES string of the molecule is CC(C)NC(C)(CCN(CC1CC1)C(C)C)C(N)=O. The lowest BCUT2D eigenvalue weighted by Gasteiger charge is -2.34. The lowest BCUT2D eigenvalue weighted by atomic mass is 9.95. The molecule has 0 aromatic rings. The fourth-order valence-electron chi connectivity index (χ4n) is 2.46. The molecule has 1 amide bonds. The van der Waals surface area contributed by atoms with Crippen molar-refractivity contribution in [3.63, 3.8) is 0 Å². The molecule has 1 fully saturated rings. The van der Waals surface area contributed by atoms with Crippen molar-refractivity contribution in [1.82, 2.24) is 10.2 Å². The van der Waals surface area contributed by atoms with E-state index in [9.17, 15) is 4.79 Å². The maximum absolute atomic E-state index is 11.7. The number of carbonyl (C=O) groups is 1. The van der Waals surface area contributed by atoms with Gasteiger partial charge in [-0.2, -0.15) is 0 Å². The van der Waals surface area contributed by atoms with Crippen LogP contribution in [0.5, 0.6) is 0 Å². The Morgan fingerprint density at radius 1 is 1.37 bits per heavy atom. The maximum atomic E-state index is 11.7. The van der Waals surface area contributed by atoms with Crippen molar-refractivity contribution in [3.05, 3.63) is 0 Å². The van der Waals surface area contributed by atoms with Crippen molar-refractivity contribution >= 4 is 5.91 Å². The van der Waals surface area contributed by atoms with Gasteiger partial charge in [0.2, 0.25) is 5.91 Å². The van der Waals surface area contributed by atoms with Crippen LogP contribution in [0.1, 0.15) is 53.9 Å². The molecule has 1 rings (SSSR count). The summed E-state index contributed by atoms with van der Waals surface area (Å²) in [4.78, 5) is 14.2. The highest BCUT2D eigenvalue weighted by atomic mass is 16.1. The molecule has 0 aromatic heterocycles. The van der Waals surface area contributed by atoms with E-state index < -0.39 is 5.54 Å². The molecule has 0 heterocycles. The second-order valence-electron chi connectivity index (χ2n) is 6.78. The van der Waals surface area contributed by atoms with Crippen molar-refractivity contribution in [2.24, 2.45) is 11.7 Å². The molecule has 1 unspecified atom stereocenters. The minimum atomic E-state index is -0.606. The van der Waals surface area contributed by atoms with Crippen LogP contribution in [0.25, 0.3) is 0 Å². The lowest BCUT2D eigenvalue weighted by molar-refractivity contribution is -0.124. The van der Waals surface area contributed by atoms with E-state index >= 15 is 0 Å². The Balaban J connectivity index is 2.54. The fourth-order valence-corrected chi connectivity index (χ4v) is 2.46. The van der Waals surface area contributed by atoms with Gasteiger partial charge in [-0.15, -0.1) is 0 Å². The largest absolute Gasteiger partial charge is 0.368 e. The first-order valence-electron chi connectivity index (χ1n) is 7.56. The van der Waals surface area contributed by atoms with E-state index in [1.165, 1.54) is 12.8 Å². The molecule has 0 aliphatic heterocycles. The first-order valence-corrected chi connectivity index (χ1v) is 7.56. The van der Waals surface area contributed by atoms with Gasteiger partial charge in [0.05, 0.1) is 5.54 Å². The quantitative estimate of drug-likeness (QED) is 0.670. The van der Waals surface area contributed by atoms with E-state index in [1.807, 2.05) is 20.8 Å². The molecule has 1 aliphatic carbocycles. The monoisotopic (exact) mass is 269 g/mol. The Hall–Kier alpha value is -0.610. The fraction of sp³-hybridized carbons (Fsp3) is 0.933. The van der Waals surface area contributed by atoms with Gasteiger partial charge in [-0.25, -0.2) is 0 Å². The van der Waals surface area contributed by atoms with Gasteiger partial charge in [-0.3, -0.25) is 4.79 Å². The summed E-state index contributed by atoms with van der Waals surface area (Å²) in [6, 6.07) is 0.783. The third-order valence-electron chi connectivity index (χ3n) is 3.97. The van der Waals surface area contributed by atoms with Crippen LogP contribution in [-0.4, -0.2) is 41.5 Å². The third kappa shape index (κ3) is 5.49. The van der Waals surface area contributed by atoms with E-state index in [4.69, 9.17) is 5.73 Å². The van der Waals surface area contributed by atoms with Crippen LogP contribution < -0.4 is 11.1 Å². The first-order chi connectivity index (χ1) is 8.74. The zero-order valence-corrected chi connectivity index (χ0v) is 13.2. The second-order valence-corrected chi connectivity index (χ2v) is 6.78. The zero-order valence-electron chi connectivity index (χ0n) is 13.2. The average Bonchev–Trinajstić information content (AvgIpc) is 3.06. The van der Waals surface area contributed by atoms with Gasteiger partial charge in [-0.05, 0) is 59.8 Å². The van der Waals surface area contributed by atoms with Crippen LogP contribution in [0.15, 0.2) is 0 Å². The molecular formula is C15H31N3O. The highest BCUT2D eigenvalue weighted by molar-refractivity contribution is 5.84. The van der Waals surface area contributed by atoms with E-state index in [0.29, 0.717) is 6.04 Å². The molecule has 0 spiro atoms. The molecular weight excluding hydrogens is 238 g/mol. The Kier molecular flexibility index (Phi) is 5.81. The number of amides is 1. The number of primary amides is 1. The highest BCUT2D eigenvalue weighted by Gasteiger charge is 2.33. The van der Waals surface area contributed by atoms with Crippen molar-refractivity contribution < 1.29 is 4.79 Å². The molecule has 1 saturated carbocycles. The average molecular weight is 269 g/mol. The normalized spacial score (nSPS) is 19.2. The molecule has 0 radical (unpaired) electrons. The van der Waals surface area contributed by atoms with E-state index in [-0.39, 0.29) is 11.9 Å². The standard InChI is InChI=1S/C15H31N3O/c1-11(2)17-15(5,14(16)19)8-9-18(12(3)4)10-13-6-7-13/h11-13,17H,6-10H2,1-5H3,(H2,16,19). The second kappa shape index (κ2) is 6.71. The molecule has 4 heteroatoms. The molecule has 112 valence electrons. The van der Waals surface area contributed by atoms with Gasteiger partial charge >= 0.3 is 0 Å². The summed E-state index contributed by atoms with van der Waals surface area (Å²) in [5.41, 5.74) is 4.97. The topological polar surface area (TPSA) is 58.4 Å². The van der Waals surface area contributed by atoms with Crippen molar-refractivity contribution in [1.29, 1.82) is 0 Å². The summed E-state index contributed by atoms with van der Waals surface area (Å²) in [7, 11) is 0. The number of nitrogens with one attached hydrogen (secondary N) is 1. The van der Waals surface area contributed by atoms with Gasteiger partial charge in [-0.1, -0.05) is 0 Å². The molecule has 4 nitrogen and oxygen atoms in total. The highest BCUT2D eigenvalue weighted by Crippen LogP contribution is 2.30. The Morgan fingerprint density at radius 2 is 1.95 bits per heavy atom. The molecule has 1 atom stereocenters. The minimum Gasteiger partial charge on any atom is -0.368 e. The van der Waals surface area contributed by atoms with Crippen LogP contribution in [-0.2, 0) is 4.79 Å². The number of rotatable bonds is 9. The molecule has 1 aliphatic rings. The summed E-state index contributed by atoms with van der Waals surface area (Å²) in [6.07, 6.45) is 3.49. The predicted molar refractivity (Wildman–Crippen MR) is 79.9 cm³/mol. The van der Waals surface area contributed by atoms with Gasteiger partial charge < -0.3 is 16.0 Å². The predicted octanol–water partition coefficient (Wildman–Crippen LogP) is 1.74. The molecule has 19 heavy (non-hydrogen) atoms. The van der Waals surface area contributed by atoms with Crippen LogP contribution >= 0.6 is 0 Å². The summed E-state index contributed by atoms with van der Waals surface area (Å²) in [6.45, 7) is 12.5. The van der Waals surface area contributed by atoms with Gasteiger partial charge in [0.1, 0.15) is 0 Å². The molecule has 0 aromatic carbocycles. The van der Waals surface area contributed by atoms with Gasteiger partial charge in [0.25, 0.3) is 0 Å². The summed E-state index contributed by atoms with van der Waals surface area (Å²) in [5, 5.41) is 3.32. The van der Waals surface area contributed by atoms with E-state index in [1.54, 1.807) is 0 Å². The van der Waals surface area contributed by atoms with Crippen LogP contribution in [0.3, 0.4) is 0 Å². The summed E-state index contributed by atoms with van der Waals surface area (Å²) in [5.74, 6) is 0.622. The van der Waals surface area contributed by atoms with E-state index in [0.717, 1.165) is 25.4 Å². The summed E-state index contributed by atoms with van der Waals surface area (Å²) >= 11 is 0. The van der Waals surface area contributed by atoms with Crippen molar-refractivity contribution in [2.75, 3.05) is 13.1 Å².